The van der Waals surface area contributed by atoms with Gasteiger partial charge in [0.2, 0.25) is 15.9 Å². The first-order valence-corrected chi connectivity index (χ1v) is 11.1. The minimum Gasteiger partial charge on any atom is -0.473 e. The van der Waals surface area contributed by atoms with E-state index in [0.29, 0.717) is 19.4 Å². The Labute approximate surface area is 167 Å². The number of halogens is 1. The van der Waals surface area contributed by atoms with E-state index in [1.807, 2.05) is 6.92 Å². The summed E-state index contributed by atoms with van der Waals surface area (Å²) in [5.74, 6) is 0.214. The lowest BCUT2D eigenvalue weighted by Crippen LogP contribution is -2.39. The van der Waals surface area contributed by atoms with Crippen molar-refractivity contribution in [1.29, 1.82) is 0 Å². The molecule has 158 valence electrons. The fourth-order valence-corrected chi connectivity index (χ4v) is 4.65. The second-order valence-electron chi connectivity index (χ2n) is 7.56. The van der Waals surface area contributed by atoms with Crippen LogP contribution in [0.4, 0.5) is 4.39 Å². The molecular formula is C19H31FN4O3S. The molecule has 1 aliphatic rings. The summed E-state index contributed by atoms with van der Waals surface area (Å²) in [6.45, 7) is 2.97. The topological polar surface area (TPSA) is 112 Å². The van der Waals surface area contributed by atoms with E-state index < -0.39 is 10.0 Å². The Bertz CT molecular complexity index is 751. The summed E-state index contributed by atoms with van der Waals surface area (Å²) in [5, 5.41) is 0. The molecule has 1 saturated heterocycles. The summed E-state index contributed by atoms with van der Waals surface area (Å²) in [6.07, 6.45) is 6.92. The van der Waals surface area contributed by atoms with Crippen LogP contribution in [0.5, 0.6) is 5.88 Å². The average Bonchev–Trinajstić information content (AvgIpc) is 2.67. The van der Waals surface area contributed by atoms with E-state index in [0.717, 1.165) is 38.5 Å². The Morgan fingerprint density at radius 2 is 2.00 bits per heavy atom. The van der Waals surface area contributed by atoms with Crippen LogP contribution < -0.4 is 16.2 Å². The second-order valence-corrected chi connectivity index (χ2v) is 9.50. The molecule has 1 atom stereocenters. The van der Waals surface area contributed by atoms with Crippen molar-refractivity contribution in [1.82, 2.24) is 9.29 Å². The Hall–Kier alpha value is -1.55. The quantitative estimate of drug-likeness (QED) is 0.739. The van der Waals surface area contributed by atoms with Gasteiger partial charge in [0.05, 0.1) is 12.5 Å². The van der Waals surface area contributed by atoms with Gasteiger partial charge in [0.25, 0.3) is 0 Å². The summed E-state index contributed by atoms with van der Waals surface area (Å²) in [6, 6.07) is 2.93. The SMILES string of the molecule is CC1(N)CCCCCN(S(=O)(=O)c2ccc(OC/C(=C/F)CN)nc2)CCC1. The summed E-state index contributed by atoms with van der Waals surface area (Å²) < 4.78 is 45.4. The lowest BCUT2D eigenvalue weighted by molar-refractivity contribution is 0.314. The fraction of sp³-hybridized carbons (Fsp3) is 0.632. The predicted octanol–water partition coefficient (Wildman–Crippen LogP) is 2.33. The van der Waals surface area contributed by atoms with Crippen LogP contribution in [0.2, 0.25) is 0 Å². The standard InChI is InChI=1S/C19H31FN4O3S/c1-19(22)8-3-2-4-10-24(11-5-9-19)28(25,26)17-6-7-18(23-14-17)27-15-16(12-20)13-21/h6-7,12,14H,2-5,8-11,13,15,21-22H2,1H3/b16-12+. The van der Waals surface area contributed by atoms with E-state index in [1.165, 1.54) is 22.6 Å². The predicted molar refractivity (Wildman–Crippen MR) is 107 cm³/mol. The molecule has 0 radical (unpaired) electrons. The molecular weight excluding hydrogens is 383 g/mol. The second kappa shape index (κ2) is 10.3. The van der Waals surface area contributed by atoms with E-state index in [9.17, 15) is 12.8 Å². The van der Waals surface area contributed by atoms with Crippen molar-refractivity contribution in [2.75, 3.05) is 26.2 Å². The smallest absolute Gasteiger partial charge is 0.244 e. The van der Waals surface area contributed by atoms with Gasteiger partial charge >= 0.3 is 0 Å². The number of pyridine rings is 1. The molecule has 28 heavy (non-hydrogen) atoms. The monoisotopic (exact) mass is 414 g/mol. The first-order chi connectivity index (χ1) is 13.3. The van der Waals surface area contributed by atoms with Crippen molar-refractivity contribution >= 4 is 10.0 Å². The third-order valence-electron chi connectivity index (χ3n) is 4.98. The number of nitrogens with zero attached hydrogens (tertiary/aromatic N) is 2. The van der Waals surface area contributed by atoms with Crippen molar-refractivity contribution in [2.24, 2.45) is 11.5 Å². The molecule has 0 bridgehead atoms. The Balaban J connectivity index is 2.07. The molecule has 7 nitrogen and oxygen atoms in total. The van der Waals surface area contributed by atoms with Gasteiger partial charge in [0.15, 0.2) is 0 Å². The van der Waals surface area contributed by atoms with Gasteiger partial charge in [-0.3, -0.25) is 0 Å². The van der Waals surface area contributed by atoms with Gasteiger partial charge in [-0.1, -0.05) is 12.8 Å². The van der Waals surface area contributed by atoms with Crippen molar-refractivity contribution in [3.8, 4) is 5.88 Å². The normalized spacial score (nSPS) is 23.4. The van der Waals surface area contributed by atoms with Crippen LogP contribution >= 0.6 is 0 Å². The molecule has 0 saturated carbocycles. The molecule has 1 fully saturated rings. The summed E-state index contributed by atoms with van der Waals surface area (Å²) in [4.78, 5) is 4.16. The number of rotatable bonds is 6. The average molecular weight is 415 g/mol. The van der Waals surface area contributed by atoms with Gasteiger partial charge in [-0.2, -0.15) is 4.31 Å². The zero-order valence-electron chi connectivity index (χ0n) is 16.4. The van der Waals surface area contributed by atoms with Gasteiger partial charge in [0, 0.05) is 36.8 Å². The van der Waals surface area contributed by atoms with Gasteiger partial charge in [-0.15, -0.1) is 0 Å². The van der Waals surface area contributed by atoms with Crippen LogP contribution in [-0.2, 0) is 10.0 Å². The van der Waals surface area contributed by atoms with Crippen LogP contribution in [0.3, 0.4) is 0 Å². The molecule has 2 rings (SSSR count). The fourth-order valence-electron chi connectivity index (χ4n) is 3.19. The van der Waals surface area contributed by atoms with Crippen LogP contribution in [0.25, 0.3) is 0 Å². The molecule has 1 aromatic rings. The van der Waals surface area contributed by atoms with E-state index in [2.05, 4.69) is 4.98 Å². The number of ether oxygens (including phenoxy) is 1. The molecule has 1 aromatic heterocycles. The van der Waals surface area contributed by atoms with Crippen LogP contribution in [0, 0.1) is 0 Å². The van der Waals surface area contributed by atoms with E-state index in [-0.39, 0.29) is 35.0 Å². The van der Waals surface area contributed by atoms with E-state index in [1.54, 1.807) is 0 Å². The van der Waals surface area contributed by atoms with Crippen molar-refractivity contribution in [3.05, 3.63) is 30.2 Å². The third kappa shape index (κ3) is 6.51. The third-order valence-corrected chi connectivity index (χ3v) is 6.86. The molecule has 2 heterocycles. The van der Waals surface area contributed by atoms with Gasteiger partial charge in [0.1, 0.15) is 11.5 Å². The zero-order valence-corrected chi connectivity index (χ0v) is 17.3. The summed E-state index contributed by atoms with van der Waals surface area (Å²) in [7, 11) is -3.64. The van der Waals surface area contributed by atoms with Crippen molar-refractivity contribution in [2.45, 2.75) is 55.9 Å². The number of hydrogen-bond donors (Lipinski definition) is 2. The molecule has 9 heteroatoms. The Kier molecular flexibility index (Phi) is 8.36. The molecule has 0 spiro atoms. The Morgan fingerprint density at radius 1 is 1.29 bits per heavy atom. The number of nitrogens with two attached hydrogens (primary N) is 2. The van der Waals surface area contributed by atoms with Gasteiger partial charge in [-0.25, -0.2) is 17.8 Å². The number of aromatic nitrogens is 1. The highest BCUT2D eigenvalue weighted by Crippen LogP contribution is 2.23. The largest absolute Gasteiger partial charge is 0.473 e. The first kappa shape index (κ1) is 22.7. The molecule has 4 N–H and O–H groups in total. The maximum absolute atomic E-state index is 13.0. The summed E-state index contributed by atoms with van der Waals surface area (Å²) in [5.41, 5.74) is 11.7. The van der Waals surface area contributed by atoms with E-state index in [4.69, 9.17) is 16.2 Å². The van der Waals surface area contributed by atoms with Crippen LogP contribution in [-0.4, -0.2) is 49.5 Å². The first-order valence-electron chi connectivity index (χ1n) is 9.64. The van der Waals surface area contributed by atoms with Crippen LogP contribution in [0.1, 0.15) is 45.4 Å². The number of sulfonamides is 1. The molecule has 0 aromatic carbocycles. The maximum atomic E-state index is 13.0. The van der Waals surface area contributed by atoms with Crippen LogP contribution in [0.15, 0.2) is 35.1 Å². The maximum Gasteiger partial charge on any atom is 0.244 e. The Morgan fingerprint density at radius 3 is 2.64 bits per heavy atom. The molecule has 1 unspecified atom stereocenters. The van der Waals surface area contributed by atoms with Crippen molar-refractivity contribution < 1.29 is 17.5 Å². The minimum atomic E-state index is -3.64. The molecule has 0 aliphatic carbocycles. The van der Waals surface area contributed by atoms with Gasteiger partial charge in [-0.05, 0) is 38.7 Å². The summed E-state index contributed by atoms with van der Waals surface area (Å²) >= 11 is 0. The minimum absolute atomic E-state index is 0.0317. The zero-order chi connectivity index (χ0) is 20.6. The molecule has 1 aliphatic heterocycles. The lowest BCUT2D eigenvalue weighted by atomic mass is 9.90. The molecule has 0 amide bonds. The lowest BCUT2D eigenvalue weighted by Gasteiger charge is -2.29. The van der Waals surface area contributed by atoms with Gasteiger partial charge < -0.3 is 16.2 Å². The van der Waals surface area contributed by atoms with Crippen molar-refractivity contribution in [3.63, 3.8) is 0 Å². The highest BCUT2D eigenvalue weighted by molar-refractivity contribution is 7.89. The van der Waals surface area contributed by atoms with E-state index >= 15 is 0 Å². The highest BCUT2D eigenvalue weighted by Gasteiger charge is 2.27. The number of hydrogen-bond acceptors (Lipinski definition) is 6. The highest BCUT2D eigenvalue weighted by atomic mass is 32.2.